The average Bonchev–Trinajstić information content (AvgIpc) is 2.50. The van der Waals surface area contributed by atoms with Crippen LogP contribution in [0.15, 0.2) is 47.4 Å². The zero-order chi connectivity index (χ0) is 17.0. The minimum atomic E-state index is -3.75. The molecule has 2 rings (SSSR count). The average molecular weight is 333 g/mol. The van der Waals surface area contributed by atoms with Gasteiger partial charge in [-0.25, -0.2) is 13.2 Å². The van der Waals surface area contributed by atoms with E-state index in [1.165, 1.54) is 12.1 Å². The number of carboxylic acids is 1. The van der Waals surface area contributed by atoms with Crippen molar-refractivity contribution in [2.24, 2.45) is 0 Å². The number of hydrogen-bond donors (Lipinski definition) is 2. The van der Waals surface area contributed by atoms with Gasteiger partial charge in [-0.3, -0.25) is 4.72 Å². The number of rotatable bonds is 6. The molecule has 0 aliphatic rings. The minimum Gasteiger partial charge on any atom is -0.478 e. The van der Waals surface area contributed by atoms with E-state index in [-0.39, 0.29) is 16.1 Å². The van der Waals surface area contributed by atoms with Crippen LogP contribution in [0.25, 0.3) is 0 Å². The van der Waals surface area contributed by atoms with Crippen LogP contribution in [-0.2, 0) is 16.4 Å². The molecule has 0 aliphatic heterocycles. The third-order valence-electron chi connectivity index (χ3n) is 3.50. The lowest BCUT2D eigenvalue weighted by molar-refractivity contribution is 0.0697. The van der Waals surface area contributed by atoms with Gasteiger partial charge in [0.05, 0.1) is 16.1 Å². The molecular weight excluding hydrogens is 314 g/mol. The Morgan fingerprint density at radius 2 is 1.78 bits per heavy atom. The third-order valence-corrected chi connectivity index (χ3v) is 4.88. The van der Waals surface area contributed by atoms with Crippen molar-refractivity contribution in [2.75, 3.05) is 4.72 Å². The molecule has 0 heterocycles. The molecule has 0 spiro atoms. The number of anilines is 1. The summed E-state index contributed by atoms with van der Waals surface area (Å²) in [5, 5.41) is 9.02. The van der Waals surface area contributed by atoms with Crippen LogP contribution in [0.3, 0.4) is 0 Å². The molecule has 0 radical (unpaired) electrons. The third kappa shape index (κ3) is 4.10. The van der Waals surface area contributed by atoms with Crippen LogP contribution in [-0.4, -0.2) is 19.5 Å². The normalized spacial score (nSPS) is 11.2. The van der Waals surface area contributed by atoms with Crippen molar-refractivity contribution in [3.8, 4) is 0 Å². The van der Waals surface area contributed by atoms with E-state index in [1.54, 1.807) is 37.3 Å². The molecule has 0 fully saturated rings. The number of benzene rings is 2. The molecule has 0 amide bonds. The highest BCUT2D eigenvalue weighted by molar-refractivity contribution is 7.92. The van der Waals surface area contributed by atoms with Crippen molar-refractivity contribution in [3.63, 3.8) is 0 Å². The first-order chi connectivity index (χ1) is 10.8. The van der Waals surface area contributed by atoms with E-state index >= 15 is 0 Å². The Morgan fingerprint density at radius 1 is 1.13 bits per heavy atom. The number of carbonyl (C=O) groups is 1. The summed E-state index contributed by atoms with van der Waals surface area (Å²) in [6.07, 6.45) is 1.89. The predicted molar refractivity (Wildman–Crippen MR) is 89.4 cm³/mol. The van der Waals surface area contributed by atoms with E-state index in [9.17, 15) is 13.2 Å². The van der Waals surface area contributed by atoms with Gasteiger partial charge >= 0.3 is 5.97 Å². The van der Waals surface area contributed by atoms with Gasteiger partial charge in [0, 0.05) is 0 Å². The predicted octanol–water partition coefficient (Wildman–Crippen LogP) is 3.45. The molecule has 122 valence electrons. The maximum absolute atomic E-state index is 12.4. The fraction of sp³-hybridized carbons (Fsp3) is 0.235. The summed E-state index contributed by atoms with van der Waals surface area (Å²) in [7, 11) is -3.75. The van der Waals surface area contributed by atoms with Gasteiger partial charge in [0.25, 0.3) is 10.0 Å². The van der Waals surface area contributed by atoms with Crippen molar-refractivity contribution < 1.29 is 18.3 Å². The summed E-state index contributed by atoms with van der Waals surface area (Å²) in [6, 6.07) is 11.0. The molecule has 2 aromatic carbocycles. The van der Waals surface area contributed by atoms with Crippen molar-refractivity contribution in [3.05, 3.63) is 59.2 Å². The number of aromatic carboxylic acids is 1. The molecule has 2 aromatic rings. The molecule has 23 heavy (non-hydrogen) atoms. The minimum absolute atomic E-state index is 0.0339. The topological polar surface area (TPSA) is 83.5 Å². The van der Waals surface area contributed by atoms with Crippen LogP contribution in [0.1, 0.15) is 34.8 Å². The van der Waals surface area contributed by atoms with Crippen LogP contribution in [0.4, 0.5) is 5.69 Å². The monoisotopic (exact) mass is 333 g/mol. The second-order valence-corrected chi connectivity index (χ2v) is 7.02. The van der Waals surface area contributed by atoms with E-state index in [1.807, 2.05) is 0 Å². The Morgan fingerprint density at radius 3 is 2.35 bits per heavy atom. The fourth-order valence-corrected chi connectivity index (χ4v) is 3.31. The first kappa shape index (κ1) is 17.0. The molecular formula is C17H19NO4S. The number of sulfonamides is 1. The van der Waals surface area contributed by atoms with Gasteiger partial charge < -0.3 is 5.11 Å². The van der Waals surface area contributed by atoms with Gasteiger partial charge in [-0.15, -0.1) is 0 Å². The zero-order valence-electron chi connectivity index (χ0n) is 13.0. The molecule has 6 heteroatoms. The molecule has 5 nitrogen and oxygen atoms in total. The Kier molecular flexibility index (Phi) is 5.05. The van der Waals surface area contributed by atoms with Crippen LogP contribution in [0.2, 0.25) is 0 Å². The number of aryl methyl sites for hydroxylation is 2. The van der Waals surface area contributed by atoms with Crippen LogP contribution >= 0.6 is 0 Å². The molecule has 0 bridgehead atoms. The number of carboxylic acid groups (broad SMARTS) is 1. The Labute approximate surface area is 136 Å². The van der Waals surface area contributed by atoms with Gasteiger partial charge in [-0.2, -0.15) is 0 Å². The second-order valence-electron chi connectivity index (χ2n) is 5.33. The van der Waals surface area contributed by atoms with Crippen molar-refractivity contribution in [2.45, 2.75) is 31.6 Å². The Hall–Kier alpha value is -2.34. The molecule has 0 saturated carbocycles. The summed E-state index contributed by atoms with van der Waals surface area (Å²) >= 11 is 0. The molecule has 2 N–H and O–H groups in total. The van der Waals surface area contributed by atoms with E-state index in [4.69, 9.17) is 5.11 Å². The van der Waals surface area contributed by atoms with Crippen molar-refractivity contribution in [1.82, 2.24) is 0 Å². The van der Waals surface area contributed by atoms with E-state index in [0.717, 1.165) is 18.4 Å². The highest BCUT2D eigenvalue weighted by Gasteiger charge is 2.16. The fourth-order valence-electron chi connectivity index (χ4n) is 2.19. The summed E-state index contributed by atoms with van der Waals surface area (Å²) in [5.74, 6) is -1.10. The van der Waals surface area contributed by atoms with Crippen LogP contribution < -0.4 is 4.72 Å². The van der Waals surface area contributed by atoms with Gasteiger partial charge in [-0.05, 0) is 48.7 Å². The summed E-state index contributed by atoms with van der Waals surface area (Å²) in [6.45, 7) is 3.78. The summed E-state index contributed by atoms with van der Waals surface area (Å²) in [5.41, 5.74) is 2.03. The largest absolute Gasteiger partial charge is 0.478 e. The zero-order valence-corrected chi connectivity index (χ0v) is 13.9. The number of hydrogen-bond acceptors (Lipinski definition) is 3. The highest BCUT2D eigenvalue weighted by Crippen LogP contribution is 2.22. The smallest absolute Gasteiger partial charge is 0.335 e. The number of nitrogens with one attached hydrogen (secondary N) is 1. The van der Waals surface area contributed by atoms with Gasteiger partial charge in [-0.1, -0.05) is 31.5 Å². The van der Waals surface area contributed by atoms with Crippen molar-refractivity contribution in [1.29, 1.82) is 0 Å². The maximum Gasteiger partial charge on any atom is 0.335 e. The molecule has 0 aliphatic carbocycles. The lowest BCUT2D eigenvalue weighted by atomic mass is 10.1. The maximum atomic E-state index is 12.4. The van der Waals surface area contributed by atoms with Crippen LogP contribution in [0, 0.1) is 6.92 Å². The van der Waals surface area contributed by atoms with E-state index in [0.29, 0.717) is 5.56 Å². The lowest BCUT2D eigenvalue weighted by Gasteiger charge is -2.12. The van der Waals surface area contributed by atoms with E-state index in [2.05, 4.69) is 11.6 Å². The quantitative estimate of drug-likeness (QED) is 0.848. The van der Waals surface area contributed by atoms with Gasteiger partial charge in [0.15, 0.2) is 0 Å². The highest BCUT2D eigenvalue weighted by atomic mass is 32.2. The van der Waals surface area contributed by atoms with E-state index < -0.39 is 16.0 Å². The van der Waals surface area contributed by atoms with Crippen molar-refractivity contribution >= 4 is 21.7 Å². The molecule has 0 aromatic heterocycles. The lowest BCUT2D eigenvalue weighted by Crippen LogP contribution is -2.14. The standard InChI is InChI=1S/C17H19NO4S/c1-3-4-13-6-9-15(10-7-13)23(21,22)18-16-11-14(17(19)20)8-5-12(16)2/h5-11,18H,3-4H2,1-2H3,(H,19,20). The Balaban J connectivity index is 2.30. The molecule has 0 unspecified atom stereocenters. The summed E-state index contributed by atoms with van der Waals surface area (Å²) in [4.78, 5) is 11.2. The SMILES string of the molecule is CCCc1ccc(S(=O)(=O)Nc2cc(C(=O)O)ccc2C)cc1. The first-order valence-corrected chi connectivity index (χ1v) is 8.77. The molecule has 0 saturated heterocycles. The molecule has 0 atom stereocenters. The van der Waals surface area contributed by atoms with Gasteiger partial charge in [0.1, 0.15) is 0 Å². The second kappa shape index (κ2) is 6.83. The first-order valence-electron chi connectivity index (χ1n) is 7.29. The van der Waals surface area contributed by atoms with Gasteiger partial charge in [0.2, 0.25) is 0 Å². The van der Waals surface area contributed by atoms with Crippen LogP contribution in [0.5, 0.6) is 0 Å². The summed E-state index contributed by atoms with van der Waals surface area (Å²) < 4.78 is 27.3. The Bertz CT molecular complexity index is 811.